The Morgan fingerprint density at radius 2 is 1.96 bits per heavy atom. The van der Waals surface area contributed by atoms with Gasteiger partial charge in [0.25, 0.3) is 5.91 Å². The van der Waals surface area contributed by atoms with Crippen molar-refractivity contribution in [1.29, 1.82) is 0 Å². The third-order valence-corrected chi connectivity index (χ3v) is 5.39. The van der Waals surface area contributed by atoms with Crippen LogP contribution in [-0.4, -0.2) is 30.1 Å². The van der Waals surface area contributed by atoms with Gasteiger partial charge in [-0.2, -0.15) is 0 Å². The van der Waals surface area contributed by atoms with E-state index in [1.807, 2.05) is 30.7 Å². The van der Waals surface area contributed by atoms with Crippen LogP contribution >= 0.6 is 11.6 Å². The minimum Gasteiger partial charge on any atom is -0.348 e. The standard InChI is InChI=1S/C19H18ClN3O3S/c1-12-5-4-6-21-18(12)17-7-13(11-23(17)2)19(24)22-15-8-14(20)9-16(10-15)27(3,25)26/h4-11H,1-3H3,(H,22,24). The van der Waals surface area contributed by atoms with E-state index in [1.54, 1.807) is 18.5 Å². The van der Waals surface area contributed by atoms with Gasteiger partial charge in [0.15, 0.2) is 9.84 Å². The van der Waals surface area contributed by atoms with E-state index in [-0.39, 0.29) is 15.8 Å². The monoisotopic (exact) mass is 403 g/mol. The lowest BCUT2D eigenvalue weighted by Gasteiger charge is -2.07. The number of aromatic nitrogens is 2. The van der Waals surface area contributed by atoms with Crippen LogP contribution in [0.25, 0.3) is 11.4 Å². The fraction of sp³-hybridized carbons (Fsp3) is 0.158. The Morgan fingerprint density at radius 1 is 1.22 bits per heavy atom. The number of sulfone groups is 1. The summed E-state index contributed by atoms with van der Waals surface area (Å²) in [6.07, 6.45) is 4.48. The lowest BCUT2D eigenvalue weighted by atomic mass is 10.1. The molecule has 2 heterocycles. The molecule has 0 fully saturated rings. The largest absolute Gasteiger partial charge is 0.348 e. The third-order valence-electron chi connectivity index (χ3n) is 4.08. The van der Waals surface area contributed by atoms with E-state index >= 15 is 0 Å². The molecule has 0 bridgehead atoms. The highest BCUT2D eigenvalue weighted by Crippen LogP contribution is 2.25. The minimum atomic E-state index is -3.44. The van der Waals surface area contributed by atoms with Gasteiger partial charge in [-0.25, -0.2) is 8.42 Å². The van der Waals surface area contributed by atoms with E-state index in [2.05, 4.69) is 10.3 Å². The molecular weight excluding hydrogens is 386 g/mol. The first-order valence-corrected chi connectivity index (χ1v) is 10.3. The van der Waals surface area contributed by atoms with E-state index < -0.39 is 9.84 Å². The Hall–Kier alpha value is -2.64. The van der Waals surface area contributed by atoms with Gasteiger partial charge in [0.05, 0.1) is 21.8 Å². The molecule has 2 aromatic heterocycles. The van der Waals surface area contributed by atoms with Gasteiger partial charge in [0, 0.05) is 36.4 Å². The van der Waals surface area contributed by atoms with Crippen LogP contribution in [0.3, 0.4) is 0 Å². The van der Waals surface area contributed by atoms with Crippen LogP contribution in [-0.2, 0) is 16.9 Å². The lowest BCUT2D eigenvalue weighted by molar-refractivity contribution is 0.102. The molecule has 0 saturated carbocycles. The number of pyridine rings is 1. The number of hydrogen-bond donors (Lipinski definition) is 1. The second-order valence-electron chi connectivity index (χ2n) is 6.30. The Kier molecular flexibility index (Phi) is 5.08. The fourth-order valence-corrected chi connectivity index (χ4v) is 3.71. The van der Waals surface area contributed by atoms with Gasteiger partial charge >= 0.3 is 0 Å². The molecule has 140 valence electrons. The predicted octanol–water partition coefficient (Wildman–Crippen LogP) is 3.70. The number of amides is 1. The van der Waals surface area contributed by atoms with Gasteiger partial charge in [0.1, 0.15) is 0 Å². The first-order chi connectivity index (χ1) is 12.6. The van der Waals surface area contributed by atoms with Crippen molar-refractivity contribution in [3.63, 3.8) is 0 Å². The van der Waals surface area contributed by atoms with Gasteiger partial charge in [-0.05, 0) is 42.8 Å². The summed E-state index contributed by atoms with van der Waals surface area (Å²) in [5, 5.41) is 2.92. The van der Waals surface area contributed by atoms with Crippen LogP contribution in [0.15, 0.2) is 53.7 Å². The second-order valence-corrected chi connectivity index (χ2v) is 8.75. The number of aryl methyl sites for hydroxylation is 2. The number of anilines is 1. The molecule has 1 amide bonds. The molecule has 3 rings (SSSR count). The maximum Gasteiger partial charge on any atom is 0.257 e. The van der Waals surface area contributed by atoms with Crippen molar-refractivity contribution < 1.29 is 13.2 Å². The molecule has 0 atom stereocenters. The molecule has 0 aliphatic heterocycles. The smallest absolute Gasteiger partial charge is 0.257 e. The molecule has 0 aliphatic carbocycles. The Balaban J connectivity index is 1.91. The maximum atomic E-state index is 12.6. The fourth-order valence-electron chi connectivity index (χ4n) is 2.73. The van der Waals surface area contributed by atoms with Crippen LogP contribution in [0.4, 0.5) is 5.69 Å². The number of carbonyl (C=O) groups excluding carboxylic acids is 1. The van der Waals surface area contributed by atoms with Crippen LogP contribution < -0.4 is 5.32 Å². The first kappa shape index (κ1) is 19.1. The molecule has 1 aromatic carbocycles. The highest BCUT2D eigenvalue weighted by Gasteiger charge is 2.16. The summed E-state index contributed by atoms with van der Waals surface area (Å²) < 4.78 is 25.3. The number of carbonyl (C=O) groups is 1. The molecule has 0 unspecified atom stereocenters. The molecular formula is C19H18ClN3O3S. The van der Waals surface area contributed by atoms with Gasteiger partial charge in [0.2, 0.25) is 0 Å². The summed E-state index contributed by atoms with van der Waals surface area (Å²) in [4.78, 5) is 17.1. The molecule has 3 aromatic rings. The van der Waals surface area contributed by atoms with E-state index in [1.165, 1.54) is 18.2 Å². The first-order valence-electron chi connectivity index (χ1n) is 8.05. The van der Waals surface area contributed by atoms with Crippen molar-refractivity contribution in [2.24, 2.45) is 7.05 Å². The normalized spacial score (nSPS) is 11.4. The van der Waals surface area contributed by atoms with E-state index in [0.29, 0.717) is 11.3 Å². The van der Waals surface area contributed by atoms with Gasteiger partial charge in [-0.3, -0.25) is 9.78 Å². The molecule has 1 N–H and O–H groups in total. The summed E-state index contributed by atoms with van der Waals surface area (Å²) in [6, 6.07) is 9.78. The molecule has 0 spiro atoms. The van der Waals surface area contributed by atoms with E-state index in [4.69, 9.17) is 11.6 Å². The minimum absolute atomic E-state index is 0.0446. The zero-order valence-electron chi connectivity index (χ0n) is 15.0. The number of benzene rings is 1. The van der Waals surface area contributed by atoms with Crippen molar-refractivity contribution in [2.75, 3.05) is 11.6 Å². The van der Waals surface area contributed by atoms with Gasteiger partial charge < -0.3 is 9.88 Å². The number of halogens is 1. The quantitative estimate of drug-likeness (QED) is 0.720. The summed E-state index contributed by atoms with van der Waals surface area (Å²) in [5.41, 5.74) is 3.34. The average Bonchev–Trinajstić information content (AvgIpc) is 2.96. The van der Waals surface area contributed by atoms with Crippen LogP contribution in [0, 0.1) is 6.92 Å². The zero-order valence-corrected chi connectivity index (χ0v) is 16.6. The van der Waals surface area contributed by atoms with Crippen molar-refractivity contribution in [2.45, 2.75) is 11.8 Å². The molecule has 0 radical (unpaired) electrons. The van der Waals surface area contributed by atoms with Crippen LogP contribution in [0.2, 0.25) is 5.02 Å². The SMILES string of the molecule is Cc1cccnc1-c1cc(C(=O)Nc2cc(Cl)cc(S(C)(=O)=O)c2)cn1C. The number of nitrogens with one attached hydrogen (secondary N) is 1. The van der Waals surface area contributed by atoms with Crippen molar-refractivity contribution in [3.05, 3.63) is 64.9 Å². The maximum absolute atomic E-state index is 12.6. The highest BCUT2D eigenvalue weighted by atomic mass is 35.5. The van der Waals surface area contributed by atoms with Gasteiger partial charge in [-0.15, -0.1) is 0 Å². The predicted molar refractivity (Wildman–Crippen MR) is 106 cm³/mol. The number of nitrogens with zero attached hydrogens (tertiary/aromatic N) is 2. The van der Waals surface area contributed by atoms with Gasteiger partial charge in [-0.1, -0.05) is 17.7 Å². The van der Waals surface area contributed by atoms with E-state index in [9.17, 15) is 13.2 Å². The topological polar surface area (TPSA) is 81.1 Å². The molecule has 0 aliphatic rings. The summed E-state index contributed by atoms with van der Waals surface area (Å²) in [6.45, 7) is 1.95. The Bertz CT molecular complexity index is 1140. The highest BCUT2D eigenvalue weighted by molar-refractivity contribution is 7.90. The molecule has 8 heteroatoms. The van der Waals surface area contributed by atoms with Crippen molar-refractivity contribution in [1.82, 2.24) is 9.55 Å². The third kappa shape index (κ3) is 4.20. The van der Waals surface area contributed by atoms with Crippen molar-refractivity contribution >= 4 is 33.0 Å². The lowest BCUT2D eigenvalue weighted by Crippen LogP contribution is -2.11. The molecule has 27 heavy (non-hydrogen) atoms. The zero-order chi connectivity index (χ0) is 19.8. The Labute approximate surface area is 162 Å². The average molecular weight is 404 g/mol. The number of hydrogen-bond acceptors (Lipinski definition) is 4. The summed E-state index contributed by atoms with van der Waals surface area (Å²) in [5.74, 6) is -0.368. The second kappa shape index (κ2) is 7.17. The molecule has 6 nitrogen and oxygen atoms in total. The summed E-state index contributed by atoms with van der Waals surface area (Å²) in [7, 11) is -1.61. The molecule has 0 saturated heterocycles. The Morgan fingerprint density at radius 3 is 2.63 bits per heavy atom. The van der Waals surface area contributed by atoms with Crippen LogP contribution in [0.1, 0.15) is 15.9 Å². The van der Waals surface area contributed by atoms with E-state index in [0.717, 1.165) is 23.2 Å². The van der Waals surface area contributed by atoms with Crippen LogP contribution in [0.5, 0.6) is 0 Å². The summed E-state index contributed by atoms with van der Waals surface area (Å²) >= 11 is 5.98. The number of rotatable bonds is 4. The van der Waals surface area contributed by atoms with Crippen molar-refractivity contribution in [3.8, 4) is 11.4 Å².